The molecule has 0 fully saturated rings. The van der Waals surface area contributed by atoms with E-state index in [9.17, 15) is 4.79 Å². The van der Waals surface area contributed by atoms with Crippen molar-refractivity contribution >= 4 is 17.5 Å². The molecule has 0 atom stereocenters. The molecule has 0 N–H and O–H groups in total. The zero-order chi connectivity index (χ0) is 17.9. The van der Waals surface area contributed by atoms with E-state index in [1.54, 1.807) is 44.2 Å². The standard InChI is InChI=1S/C20H24O3S/c1-12-9-13(2)15(4)20(14(12)3)24-11-17(21)16-7-8-18(22-5)19(10-16)23-6/h7-10H,11H2,1-6H3. The van der Waals surface area contributed by atoms with Crippen molar-refractivity contribution in [1.82, 2.24) is 0 Å². The molecule has 0 aliphatic carbocycles. The Morgan fingerprint density at radius 1 is 0.917 bits per heavy atom. The number of aryl methyl sites for hydroxylation is 2. The summed E-state index contributed by atoms with van der Waals surface area (Å²) in [6.07, 6.45) is 0. The molecule has 0 saturated heterocycles. The van der Waals surface area contributed by atoms with E-state index >= 15 is 0 Å². The van der Waals surface area contributed by atoms with Crippen LogP contribution in [0.15, 0.2) is 29.2 Å². The Balaban J connectivity index is 2.20. The zero-order valence-corrected chi connectivity index (χ0v) is 16.0. The number of hydrogen-bond donors (Lipinski definition) is 0. The molecule has 0 aliphatic rings. The first-order valence-corrected chi connectivity index (χ1v) is 8.83. The van der Waals surface area contributed by atoms with Crippen molar-refractivity contribution in [1.29, 1.82) is 0 Å². The highest BCUT2D eigenvalue weighted by molar-refractivity contribution is 8.00. The van der Waals surface area contributed by atoms with Crippen LogP contribution in [0.3, 0.4) is 0 Å². The van der Waals surface area contributed by atoms with Crippen molar-refractivity contribution in [2.24, 2.45) is 0 Å². The van der Waals surface area contributed by atoms with Gasteiger partial charge < -0.3 is 9.47 Å². The van der Waals surface area contributed by atoms with Gasteiger partial charge in [-0.15, -0.1) is 11.8 Å². The largest absolute Gasteiger partial charge is 0.493 e. The molecule has 24 heavy (non-hydrogen) atoms. The molecule has 0 heterocycles. The van der Waals surface area contributed by atoms with Gasteiger partial charge in [0.15, 0.2) is 17.3 Å². The molecule has 0 radical (unpaired) electrons. The van der Waals surface area contributed by atoms with Crippen molar-refractivity contribution in [3.63, 3.8) is 0 Å². The van der Waals surface area contributed by atoms with Crippen molar-refractivity contribution in [2.75, 3.05) is 20.0 Å². The Kier molecular flexibility index (Phi) is 5.94. The lowest BCUT2D eigenvalue weighted by Gasteiger charge is -2.14. The van der Waals surface area contributed by atoms with Gasteiger partial charge in [0.2, 0.25) is 0 Å². The molecule has 0 saturated carbocycles. The molecule has 0 amide bonds. The van der Waals surface area contributed by atoms with Crippen molar-refractivity contribution in [3.05, 3.63) is 52.1 Å². The minimum atomic E-state index is 0.0823. The predicted octanol–water partition coefficient (Wildman–Crippen LogP) is 4.91. The summed E-state index contributed by atoms with van der Waals surface area (Å²) >= 11 is 1.61. The van der Waals surface area contributed by atoms with Gasteiger partial charge in [0, 0.05) is 10.5 Å². The maximum atomic E-state index is 12.6. The lowest BCUT2D eigenvalue weighted by Crippen LogP contribution is -2.04. The van der Waals surface area contributed by atoms with E-state index in [-0.39, 0.29) is 5.78 Å². The summed E-state index contributed by atoms with van der Waals surface area (Å²) < 4.78 is 10.5. The van der Waals surface area contributed by atoms with Crippen molar-refractivity contribution < 1.29 is 14.3 Å². The molecule has 0 aromatic heterocycles. The fraction of sp³-hybridized carbons (Fsp3) is 0.350. The zero-order valence-electron chi connectivity index (χ0n) is 15.1. The van der Waals surface area contributed by atoms with Crippen LogP contribution in [-0.4, -0.2) is 25.8 Å². The fourth-order valence-corrected chi connectivity index (χ4v) is 3.82. The number of ketones is 1. The first-order valence-electron chi connectivity index (χ1n) is 7.84. The second kappa shape index (κ2) is 7.75. The summed E-state index contributed by atoms with van der Waals surface area (Å²) in [5.74, 6) is 1.69. The molecule has 0 unspecified atom stereocenters. The van der Waals surface area contributed by atoms with Crippen LogP contribution in [0.4, 0.5) is 0 Å². The third kappa shape index (κ3) is 3.75. The normalized spacial score (nSPS) is 10.6. The first kappa shape index (κ1) is 18.4. The summed E-state index contributed by atoms with van der Waals surface area (Å²) in [7, 11) is 3.16. The van der Waals surface area contributed by atoms with Gasteiger partial charge in [-0.25, -0.2) is 0 Å². The van der Waals surface area contributed by atoms with Gasteiger partial charge in [-0.05, 0) is 68.1 Å². The second-order valence-electron chi connectivity index (χ2n) is 5.87. The Morgan fingerprint density at radius 3 is 2.04 bits per heavy atom. The van der Waals surface area contributed by atoms with Gasteiger partial charge in [0.05, 0.1) is 20.0 Å². The molecule has 4 heteroatoms. The van der Waals surface area contributed by atoms with E-state index in [0.29, 0.717) is 22.8 Å². The van der Waals surface area contributed by atoms with Crippen molar-refractivity contribution in [2.45, 2.75) is 32.6 Å². The number of Topliss-reactive ketones (excluding diaryl/α,β-unsaturated/α-hetero) is 1. The molecule has 2 aromatic rings. The highest BCUT2D eigenvalue weighted by atomic mass is 32.2. The number of hydrogen-bond acceptors (Lipinski definition) is 4. The third-order valence-electron chi connectivity index (χ3n) is 4.35. The maximum Gasteiger partial charge on any atom is 0.173 e. The highest BCUT2D eigenvalue weighted by Gasteiger charge is 2.14. The summed E-state index contributed by atoms with van der Waals surface area (Å²) in [6, 6.07) is 7.49. The summed E-state index contributed by atoms with van der Waals surface area (Å²) in [5, 5.41) is 0. The molecule has 0 bridgehead atoms. The number of thioether (sulfide) groups is 1. The summed E-state index contributed by atoms with van der Waals surface area (Å²) in [4.78, 5) is 13.8. The first-order chi connectivity index (χ1) is 11.4. The van der Waals surface area contributed by atoms with Crippen LogP contribution < -0.4 is 9.47 Å². The minimum Gasteiger partial charge on any atom is -0.493 e. The van der Waals surface area contributed by atoms with Gasteiger partial charge in [-0.2, -0.15) is 0 Å². The molecule has 0 aliphatic heterocycles. The van der Waals surface area contributed by atoms with E-state index in [1.807, 2.05) is 0 Å². The Labute approximate surface area is 148 Å². The van der Waals surface area contributed by atoms with E-state index in [1.165, 1.54) is 27.1 Å². The minimum absolute atomic E-state index is 0.0823. The van der Waals surface area contributed by atoms with Crippen LogP contribution in [0.1, 0.15) is 32.6 Å². The predicted molar refractivity (Wildman–Crippen MR) is 100.0 cm³/mol. The second-order valence-corrected chi connectivity index (χ2v) is 6.86. The molecule has 128 valence electrons. The molecule has 2 rings (SSSR count). The van der Waals surface area contributed by atoms with Crippen molar-refractivity contribution in [3.8, 4) is 11.5 Å². The fourth-order valence-electron chi connectivity index (χ4n) is 2.63. The Bertz CT molecular complexity index is 740. The van der Waals surface area contributed by atoms with Crippen LogP contribution in [0, 0.1) is 27.7 Å². The Morgan fingerprint density at radius 2 is 1.50 bits per heavy atom. The van der Waals surface area contributed by atoms with Crippen LogP contribution >= 0.6 is 11.8 Å². The molecule has 0 spiro atoms. The molecular formula is C20H24O3S. The van der Waals surface area contributed by atoms with E-state index in [4.69, 9.17) is 9.47 Å². The van der Waals surface area contributed by atoms with E-state index < -0.39 is 0 Å². The molecule has 2 aromatic carbocycles. The van der Waals surface area contributed by atoms with Gasteiger partial charge in [-0.3, -0.25) is 4.79 Å². The average molecular weight is 344 g/mol. The monoisotopic (exact) mass is 344 g/mol. The van der Waals surface area contributed by atoms with Gasteiger partial charge >= 0.3 is 0 Å². The number of carbonyl (C=O) groups is 1. The van der Waals surface area contributed by atoms with Crippen LogP contribution in [0.25, 0.3) is 0 Å². The quantitative estimate of drug-likeness (QED) is 0.551. The lowest BCUT2D eigenvalue weighted by molar-refractivity contribution is 0.102. The number of benzene rings is 2. The van der Waals surface area contributed by atoms with E-state index in [2.05, 4.69) is 33.8 Å². The lowest BCUT2D eigenvalue weighted by atomic mass is 10.0. The van der Waals surface area contributed by atoms with Crippen LogP contribution in [0.5, 0.6) is 11.5 Å². The molecular weight excluding hydrogens is 320 g/mol. The van der Waals surface area contributed by atoms with Crippen LogP contribution in [0.2, 0.25) is 0 Å². The number of rotatable bonds is 6. The number of carbonyl (C=O) groups excluding carboxylic acids is 1. The number of methoxy groups -OCH3 is 2. The topological polar surface area (TPSA) is 35.5 Å². The third-order valence-corrected chi connectivity index (χ3v) is 5.66. The average Bonchev–Trinajstić information content (AvgIpc) is 2.59. The van der Waals surface area contributed by atoms with Gasteiger partial charge in [0.1, 0.15) is 0 Å². The number of ether oxygens (including phenoxy) is 2. The smallest absolute Gasteiger partial charge is 0.173 e. The Hall–Kier alpha value is -1.94. The maximum absolute atomic E-state index is 12.6. The van der Waals surface area contributed by atoms with Gasteiger partial charge in [-0.1, -0.05) is 6.07 Å². The molecule has 3 nitrogen and oxygen atoms in total. The summed E-state index contributed by atoms with van der Waals surface area (Å²) in [5.41, 5.74) is 5.67. The highest BCUT2D eigenvalue weighted by Crippen LogP contribution is 2.32. The summed E-state index contributed by atoms with van der Waals surface area (Å²) in [6.45, 7) is 8.46. The van der Waals surface area contributed by atoms with Gasteiger partial charge in [0.25, 0.3) is 0 Å². The van der Waals surface area contributed by atoms with E-state index in [0.717, 1.165) is 0 Å². The van der Waals surface area contributed by atoms with Crippen LogP contribution in [-0.2, 0) is 0 Å². The SMILES string of the molecule is COc1ccc(C(=O)CSc2c(C)c(C)cc(C)c2C)cc1OC.